The number of benzene rings is 1. The van der Waals surface area contributed by atoms with E-state index < -0.39 is 5.97 Å². The van der Waals surface area contributed by atoms with Crippen molar-refractivity contribution in [2.24, 2.45) is 0 Å². The molecule has 0 saturated carbocycles. The topological polar surface area (TPSA) is 88.3 Å². The average molecular weight is 465 g/mol. The number of aliphatic carboxylic acids is 1. The number of carboxylic acid groups (broad SMARTS) is 1. The first kappa shape index (κ1) is 21.9. The number of pyridine rings is 1. The molecule has 162 valence electrons. The number of carbonyl (C=O) groups excluding carboxylic acids is 1. The average Bonchev–Trinajstić information content (AvgIpc) is 3.30. The van der Waals surface area contributed by atoms with E-state index in [1.165, 1.54) is 16.7 Å². The molecule has 7 nitrogen and oxygen atoms in total. The molecule has 2 aromatic heterocycles. The van der Waals surface area contributed by atoms with Crippen LogP contribution in [0.1, 0.15) is 24.0 Å². The molecule has 0 radical (unpaired) electrons. The molecular weight excluding hydrogens is 444 g/mol. The van der Waals surface area contributed by atoms with Crippen molar-refractivity contribution in [1.29, 1.82) is 0 Å². The number of nitrogens with zero attached hydrogens (tertiary/aromatic N) is 4. The van der Waals surface area contributed by atoms with Gasteiger partial charge in [0.15, 0.2) is 0 Å². The fourth-order valence-corrected chi connectivity index (χ4v) is 4.64. The third-order valence-electron chi connectivity index (χ3n) is 4.84. The number of hydrogen-bond donors (Lipinski definition) is 1. The second kappa shape index (κ2) is 9.88. The highest BCUT2D eigenvalue weighted by Gasteiger charge is 2.32. The molecule has 1 aliphatic rings. The minimum absolute atomic E-state index is 0.00643. The molecule has 1 saturated heterocycles. The SMILES string of the molecule is O=C(O)CCCN1C(=O)/C(=C\c2cn(Cc3ccccc3)nc2-c2cccnc2)SC1=S. The Bertz CT molecular complexity index is 1180. The van der Waals surface area contributed by atoms with Crippen LogP contribution in [0.2, 0.25) is 0 Å². The summed E-state index contributed by atoms with van der Waals surface area (Å²) in [7, 11) is 0. The Morgan fingerprint density at radius 1 is 1.19 bits per heavy atom. The van der Waals surface area contributed by atoms with Crippen molar-refractivity contribution in [1.82, 2.24) is 19.7 Å². The van der Waals surface area contributed by atoms with Crippen LogP contribution in [0.3, 0.4) is 0 Å². The Kier molecular flexibility index (Phi) is 6.77. The Morgan fingerprint density at radius 3 is 2.72 bits per heavy atom. The third kappa shape index (κ3) is 5.12. The third-order valence-corrected chi connectivity index (χ3v) is 6.22. The zero-order valence-corrected chi connectivity index (χ0v) is 18.7. The molecule has 0 aliphatic carbocycles. The molecule has 32 heavy (non-hydrogen) atoms. The fraction of sp³-hybridized carbons (Fsp3) is 0.174. The Morgan fingerprint density at radius 2 is 2.00 bits per heavy atom. The van der Waals surface area contributed by atoms with Gasteiger partial charge in [-0.05, 0) is 30.2 Å². The Hall–Kier alpha value is -3.30. The molecule has 0 unspecified atom stereocenters. The van der Waals surface area contributed by atoms with Crippen LogP contribution < -0.4 is 0 Å². The van der Waals surface area contributed by atoms with Crippen molar-refractivity contribution in [2.45, 2.75) is 19.4 Å². The maximum absolute atomic E-state index is 12.9. The summed E-state index contributed by atoms with van der Waals surface area (Å²) in [4.78, 5) is 29.8. The van der Waals surface area contributed by atoms with E-state index in [9.17, 15) is 9.59 Å². The summed E-state index contributed by atoms with van der Waals surface area (Å²) in [5.74, 6) is -1.10. The molecule has 0 atom stereocenters. The quantitative estimate of drug-likeness (QED) is 0.397. The van der Waals surface area contributed by atoms with Crippen molar-refractivity contribution in [3.05, 3.63) is 77.1 Å². The molecule has 9 heteroatoms. The Balaban J connectivity index is 1.63. The van der Waals surface area contributed by atoms with Gasteiger partial charge in [-0.3, -0.25) is 24.2 Å². The van der Waals surface area contributed by atoms with Crippen LogP contribution >= 0.6 is 24.0 Å². The standard InChI is InChI=1S/C23H20N4O3S2/c28-20(29)9-5-11-27-22(30)19(32-23(27)31)12-18-15-26(14-16-6-2-1-3-7-16)25-21(18)17-8-4-10-24-13-17/h1-4,6-8,10,12-13,15H,5,9,11,14H2,(H,28,29)/b19-12+. The second-order valence-electron chi connectivity index (χ2n) is 7.19. The van der Waals surface area contributed by atoms with Gasteiger partial charge in [0.05, 0.1) is 11.4 Å². The summed E-state index contributed by atoms with van der Waals surface area (Å²) in [5.41, 5.74) is 3.48. The Labute approximate surface area is 194 Å². The summed E-state index contributed by atoms with van der Waals surface area (Å²) in [5, 5.41) is 13.6. The lowest BCUT2D eigenvalue weighted by atomic mass is 10.1. The smallest absolute Gasteiger partial charge is 0.303 e. The van der Waals surface area contributed by atoms with Crippen molar-refractivity contribution in [2.75, 3.05) is 6.54 Å². The zero-order valence-electron chi connectivity index (χ0n) is 17.0. The van der Waals surface area contributed by atoms with Crippen molar-refractivity contribution < 1.29 is 14.7 Å². The van der Waals surface area contributed by atoms with Crippen molar-refractivity contribution in [3.8, 4) is 11.3 Å². The largest absolute Gasteiger partial charge is 0.481 e. The first-order chi connectivity index (χ1) is 15.5. The van der Waals surface area contributed by atoms with Gasteiger partial charge in [-0.15, -0.1) is 0 Å². The highest BCUT2D eigenvalue weighted by Crippen LogP contribution is 2.34. The second-order valence-corrected chi connectivity index (χ2v) is 8.86. The summed E-state index contributed by atoms with van der Waals surface area (Å²) >= 11 is 6.58. The highest BCUT2D eigenvalue weighted by atomic mass is 32.2. The van der Waals surface area contributed by atoms with Gasteiger partial charge in [0.2, 0.25) is 0 Å². The number of thioether (sulfide) groups is 1. The monoisotopic (exact) mass is 464 g/mol. The zero-order chi connectivity index (χ0) is 22.5. The van der Waals surface area contributed by atoms with E-state index in [2.05, 4.69) is 4.98 Å². The summed E-state index contributed by atoms with van der Waals surface area (Å²) in [6, 6.07) is 13.8. The minimum Gasteiger partial charge on any atom is -0.481 e. The van der Waals surface area contributed by atoms with Crippen LogP contribution in [-0.2, 0) is 16.1 Å². The van der Waals surface area contributed by atoms with Crippen molar-refractivity contribution in [3.63, 3.8) is 0 Å². The maximum Gasteiger partial charge on any atom is 0.303 e. The van der Waals surface area contributed by atoms with E-state index in [-0.39, 0.29) is 18.9 Å². The van der Waals surface area contributed by atoms with E-state index in [0.717, 1.165) is 22.4 Å². The minimum atomic E-state index is -0.891. The van der Waals surface area contributed by atoms with Crippen LogP contribution in [0.25, 0.3) is 17.3 Å². The predicted molar refractivity (Wildman–Crippen MR) is 128 cm³/mol. The van der Waals surface area contributed by atoms with Gasteiger partial charge >= 0.3 is 5.97 Å². The van der Waals surface area contributed by atoms with E-state index in [4.69, 9.17) is 22.4 Å². The van der Waals surface area contributed by atoms with Crippen LogP contribution in [0.4, 0.5) is 0 Å². The molecule has 3 aromatic rings. The molecule has 0 spiro atoms. The molecule has 4 rings (SSSR count). The normalized spacial score (nSPS) is 15.0. The lowest BCUT2D eigenvalue weighted by Gasteiger charge is -2.13. The first-order valence-electron chi connectivity index (χ1n) is 10.00. The number of rotatable bonds is 8. The number of carbonyl (C=O) groups is 2. The van der Waals surface area contributed by atoms with Gasteiger partial charge in [-0.2, -0.15) is 5.10 Å². The van der Waals surface area contributed by atoms with Crippen LogP contribution in [0, 0.1) is 0 Å². The molecule has 1 N–H and O–H groups in total. The molecule has 0 bridgehead atoms. The van der Waals surface area contributed by atoms with Crippen molar-refractivity contribution >= 4 is 46.3 Å². The molecule has 1 aromatic carbocycles. The maximum atomic E-state index is 12.9. The summed E-state index contributed by atoms with van der Waals surface area (Å²) in [6.45, 7) is 0.884. The molecule has 1 fully saturated rings. The number of thiocarbonyl (C=S) groups is 1. The lowest BCUT2D eigenvalue weighted by Crippen LogP contribution is -2.29. The van der Waals surface area contributed by atoms with E-state index in [1.807, 2.05) is 53.3 Å². The number of aromatic nitrogens is 3. The van der Waals surface area contributed by atoms with Gasteiger partial charge in [0.1, 0.15) is 10.0 Å². The van der Waals surface area contributed by atoms with E-state index >= 15 is 0 Å². The van der Waals surface area contributed by atoms with Crippen LogP contribution in [-0.4, -0.2) is 47.5 Å². The summed E-state index contributed by atoms with van der Waals surface area (Å²) < 4.78 is 2.28. The van der Waals surface area contributed by atoms with E-state index in [0.29, 0.717) is 22.2 Å². The lowest BCUT2D eigenvalue weighted by molar-refractivity contribution is -0.137. The molecule has 1 amide bonds. The highest BCUT2D eigenvalue weighted by molar-refractivity contribution is 8.26. The fourth-order valence-electron chi connectivity index (χ4n) is 3.34. The van der Waals surface area contributed by atoms with Crippen LogP contribution in [0.15, 0.2) is 66.0 Å². The van der Waals surface area contributed by atoms with E-state index in [1.54, 1.807) is 18.5 Å². The first-order valence-corrected chi connectivity index (χ1v) is 11.2. The summed E-state index contributed by atoms with van der Waals surface area (Å²) in [6.07, 6.45) is 7.49. The molecule has 3 heterocycles. The van der Waals surface area contributed by atoms with Crippen LogP contribution in [0.5, 0.6) is 0 Å². The number of carboxylic acids is 1. The van der Waals surface area contributed by atoms with Gasteiger partial charge in [-0.25, -0.2) is 0 Å². The van der Waals surface area contributed by atoms with Gasteiger partial charge in [0, 0.05) is 42.7 Å². The number of hydrogen-bond acceptors (Lipinski definition) is 6. The van der Waals surface area contributed by atoms with Gasteiger partial charge in [-0.1, -0.05) is 54.3 Å². The molecule has 1 aliphatic heterocycles. The number of amides is 1. The predicted octanol–water partition coefficient (Wildman–Crippen LogP) is 4.06. The molecular formula is C23H20N4O3S2. The van der Waals surface area contributed by atoms with Gasteiger partial charge < -0.3 is 5.11 Å². The van der Waals surface area contributed by atoms with Gasteiger partial charge in [0.25, 0.3) is 5.91 Å².